The van der Waals surface area contributed by atoms with Crippen LogP contribution in [0.5, 0.6) is 17.2 Å². The van der Waals surface area contributed by atoms with Crippen molar-refractivity contribution in [3.05, 3.63) is 53.6 Å². The maximum Gasteiger partial charge on any atom is 0.573 e. The van der Waals surface area contributed by atoms with Crippen LogP contribution in [0.25, 0.3) is 0 Å². The SMILES string of the molecule is COc1ccc(OC)c(CN(C(=O)c2ccc(OC(F)(F)F)cc2)C2CC2)c1. The van der Waals surface area contributed by atoms with Crippen LogP contribution in [-0.4, -0.2) is 37.4 Å². The Morgan fingerprint density at radius 3 is 2.21 bits per heavy atom. The Morgan fingerprint density at radius 2 is 1.68 bits per heavy atom. The van der Waals surface area contributed by atoms with Crippen molar-refractivity contribution in [3.8, 4) is 17.2 Å². The van der Waals surface area contributed by atoms with Crippen LogP contribution in [0.4, 0.5) is 13.2 Å². The monoisotopic (exact) mass is 395 g/mol. The van der Waals surface area contributed by atoms with Crippen molar-refractivity contribution in [3.63, 3.8) is 0 Å². The number of benzene rings is 2. The fourth-order valence-corrected chi connectivity index (χ4v) is 2.91. The second kappa shape index (κ2) is 8.00. The summed E-state index contributed by atoms with van der Waals surface area (Å²) in [5, 5.41) is 0. The zero-order valence-corrected chi connectivity index (χ0v) is 15.5. The summed E-state index contributed by atoms with van der Waals surface area (Å²) in [6, 6.07) is 10.4. The molecule has 2 aromatic carbocycles. The summed E-state index contributed by atoms with van der Waals surface area (Å²) in [6.07, 6.45) is -3.00. The van der Waals surface area contributed by atoms with E-state index in [1.807, 2.05) is 6.07 Å². The van der Waals surface area contributed by atoms with E-state index in [1.54, 1.807) is 31.3 Å². The van der Waals surface area contributed by atoms with Gasteiger partial charge in [0.15, 0.2) is 0 Å². The van der Waals surface area contributed by atoms with E-state index >= 15 is 0 Å². The molecule has 5 nitrogen and oxygen atoms in total. The van der Waals surface area contributed by atoms with E-state index in [-0.39, 0.29) is 17.7 Å². The molecular weight excluding hydrogens is 375 g/mol. The highest BCUT2D eigenvalue weighted by molar-refractivity contribution is 5.94. The molecule has 1 saturated carbocycles. The lowest BCUT2D eigenvalue weighted by Crippen LogP contribution is -2.32. The van der Waals surface area contributed by atoms with E-state index in [9.17, 15) is 18.0 Å². The van der Waals surface area contributed by atoms with Gasteiger partial charge in [-0.2, -0.15) is 0 Å². The Kier molecular flexibility index (Phi) is 5.67. The number of methoxy groups -OCH3 is 2. The van der Waals surface area contributed by atoms with Gasteiger partial charge in [0.1, 0.15) is 17.2 Å². The molecule has 0 N–H and O–H groups in total. The van der Waals surface area contributed by atoms with Gasteiger partial charge in [-0.15, -0.1) is 13.2 Å². The first-order valence-electron chi connectivity index (χ1n) is 8.68. The number of hydrogen-bond acceptors (Lipinski definition) is 4. The van der Waals surface area contributed by atoms with E-state index < -0.39 is 6.36 Å². The molecule has 0 bridgehead atoms. The largest absolute Gasteiger partial charge is 0.573 e. The third-order valence-electron chi connectivity index (χ3n) is 4.41. The number of alkyl halides is 3. The van der Waals surface area contributed by atoms with Gasteiger partial charge in [0, 0.05) is 17.2 Å². The number of amides is 1. The molecule has 0 atom stereocenters. The van der Waals surface area contributed by atoms with Crippen molar-refractivity contribution in [1.29, 1.82) is 0 Å². The Balaban J connectivity index is 1.80. The van der Waals surface area contributed by atoms with Gasteiger partial charge >= 0.3 is 6.36 Å². The molecule has 28 heavy (non-hydrogen) atoms. The van der Waals surface area contributed by atoms with Crippen molar-refractivity contribution < 1.29 is 32.2 Å². The van der Waals surface area contributed by atoms with Gasteiger partial charge in [-0.1, -0.05) is 0 Å². The van der Waals surface area contributed by atoms with Crippen molar-refractivity contribution in [1.82, 2.24) is 4.90 Å². The highest BCUT2D eigenvalue weighted by Crippen LogP contribution is 2.33. The molecule has 0 heterocycles. The van der Waals surface area contributed by atoms with E-state index in [4.69, 9.17) is 9.47 Å². The van der Waals surface area contributed by atoms with Gasteiger partial charge in [-0.25, -0.2) is 0 Å². The summed E-state index contributed by atoms with van der Waals surface area (Å²) in [7, 11) is 3.11. The molecule has 2 aromatic rings. The number of ether oxygens (including phenoxy) is 3. The maximum absolute atomic E-state index is 13.0. The molecule has 0 saturated heterocycles. The highest BCUT2D eigenvalue weighted by Gasteiger charge is 2.34. The van der Waals surface area contributed by atoms with Crippen molar-refractivity contribution >= 4 is 5.91 Å². The van der Waals surface area contributed by atoms with E-state index in [0.29, 0.717) is 23.6 Å². The molecular formula is C20H20F3NO4. The Labute approximate surface area is 160 Å². The molecule has 0 aliphatic heterocycles. The fourth-order valence-electron chi connectivity index (χ4n) is 2.91. The topological polar surface area (TPSA) is 48.0 Å². The summed E-state index contributed by atoms with van der Waals surface area (Å²) in [5.41, 5.74) is 1.09. The average molecular weight is 395 g/mol. The third-order valence-corrected chi connectivity index (χ3v) is 4.41. The van der Waals surface area contributed by atoms with E-state index in [2.05, 4.69) is 4.74 Å². The second-order valence-electron chi connectivity index (χ2n) is 6.41. The van der Waals surface area contributed by atoms with Gasteiger partial charge in [-0.05, 0) is 55.3 Å². The van der Waals surface area contributed by atoms with Crippen LogP contribution in [0.2, 0.25) is 0 Å². The molecule has 1 aliphatic carbocycles. The van der Waals surface area contributed by atoms with E-state index in [1.165, 1.54) is 12.1 Å². The molecule has 8 heteroatoms. The van der Waals surface area contributed by atoms with Crippen LogP contribution in [0.15, 0.2) is 42.5 Å². The first kappa shape index (κ1) is 19.9. The van der Waals surface area contributed by atoms with Crippen LogP contribution in [0.1, 0.15) is 28.8 Å². The smallest absolute Gasteiger partial charge is 0.497 e. The van der Waals surface area contributed by atoms with Crippen molar-refractivity contribution in [2.75, 3.05) is 14.2 Å². The molecule has 0 aromatic heterocycles. The van der Waals surface area contributed by atoms with Gasteiger partial charge in [-0.3, -0.25) is 4.79 Å². The predicted molar refractivity (Wildman–Crippen MR) is 95.6 cm³/mol. The first-order chi connectivity index (χ1) is 13.3. The minimum absolute atomic E-state index is 0.0921. The van der Waals surface area contributed by atoms with Gasteiger partial charge in [0.2, 0.25) is 0 Å². The number of hydrogen-bond donors (Lipinski definition) is 0. The minimum Gasteiger partial charge on any atom is -0.497 e. The van der Waals surface area contributed by atoms with Crippen LogP contribution >= 0.6 is 0 Å². The lowest BCUT2D eigenvalue weighted by molar-refractivity contribution is -0.274. The molecule has 0 unspecified atom stereocenters. The summed E-state index contributed by atoms with van der Waals surface area (Å²) < 4.78 is 51.4. The highest BCUT2D eigenvalue weighted by atomic mass is 19.4. The molecule has 0 spiro atoms. The summed E-state index contributed by atoms with van der Waals surface area (Å²) >= 11 is 0. The first-order valence-corrected chi connectivity index (χ1v) is 8.68. The predicted octanol–water partition coefficient (Wildman–Crippen LogP) is 4.41. The van der Waals surface area contributed by atoms with Crippen LogP contribution in [0.3, 0.4) is 0 Å². The molecule has 1 amide bonds. The quantitative estimate of drug-likeness (QED) is 0.697. The second-order valence-corrected chi connectivity index (χ2v) is 6.41. The third kappa shape index (κ3) is 4.88. The molecule has 0 radical (unpaired) electrons. The average Bonchev–Trinajstić information content (AvgIpc) is 3.49. The van der Waals surface area contributed by atoms with Crippen LogP contribution < -0.4 is 14.2 Å². The Morgan fingerprint density at radius 1 is 1.04 bits per heavy atom. The number of halogens is 3. The van der Waals surface area contributed by atoms with Crippen LogP contribution in [-0.2, 0) is 6.54 Å². The zero-order valence-electron chi connectivity index (χ0n) is 15.5. The Hall–Kier alpha value is -2.90. The molecule has 150 valence electrons. The van der Waals surface area contributed by atoms with Crippen molar-refractivity contribution in [2.45, 2.75) is 31.8 Å². The van der Waals surface area contributed by atoms with Crippen LogP contribution in [0, 0.1) is 0 Å². The fraction of sp³-hybridized carbons (Fsp3) is 0.350. The number of carbonyl (C=O) groups is 1. The lowest BCUT2D eigenvalue weighted by Gasteiger charge is -2.24. The molecule has 3 rings (SSSR count). The summed E-state index contributed by atoms with van der Waals surface area (Å²) in [6.45, 7) is 0.310. The maximum atomic E-state index is 13.0. The molecule has 1 aliphatic rings. The number of carbonyl (C=O) groups excluding carboxylic acids is 1. The zero-order chi connectivity index (χ0) is 20.3. The summed E-state index contributed by atoms with van der Waals surface area (Å²) in [4.78, 5) is 14.7. The van der Waals surface area contributed by atoms with Gasteiger partial charge in [0.05, 0.1) is 20.8 Å². The Bertz CT molecular complexity index is 832. The molecule has 1 fully saturated rings. The van der Waals surface area contributed by atoms with Gasteiger partial charge in [0.25, 0.3) is 5.91 Å². The number of rotatable bonds is 7. The van der Waals surface area contributed by atoms with E-state index in [0.717, 1.165) is 30.5 Å². The minimum atomic E-state index is -4.77. The lowest BCUT2D eigenvalue weighted by atomic mass is 10.1. The summed E-state index contributed by atoms with van der Waals surface area (Å²) in [5.74, 6) is 0.656. The number of nitrogens with zero attached hydrogens (tertiary/aromatic N) is 1. The normalized spacial score (nSPS) is 13.8. The van der Waals surface area contributed by atoms with Crippen molar-refractivity contribution in [2.24, 2.45) is 0 Å². The standard InChI is InChI=1S/C20H20F3NO4/c1-26-17-9-10-18(27-2)14(11-17)12-24(15-5-6-15)19(25)13-3-7-16(8-4-13)28-20(21,22)23/h3-4,7-11,15H,5-6,12H2,1-2H3. The van der Waals surface area contributed by atoms with Gasteiger partial charge < -0.3 is 19.1 Å².